The number of ether oxygens (including phenoxy) is 1. The molecule has 0 radical (unpaired) electrons. The van der Waals surface area contributed by atoms with E-state index in [4.69, 9.17) is 9.15 Å². The van der Waals surface area contributed by atoms with Gasteiger partial charge in [-0.05, 0) is 42.5 Å². The predicted molar refractivity (Wildman–Crippen MR) is 84.2 cm³/mol. The van der Waals surface area contributed by atoms with Crippen LogP contribution in [0.1, 0.15) is 0 Å². The first-order valence-corrected chi connectivity index (χ1v) is 8.48. The van der Waals surface area contributed by atoms with Gasteiger partial charge in [0.1, 0.15) is 11.3 Å². The first kappa shape index (κ1) is 14.6. The molecule has 1 N–H and O–H groups in total. The molecule has 0 saturated carbocycles. The third-order valence-corrected chi connectivity index (χ3v) is 5.14. The molecule has 3 rings (SSSR count). The molecule has 0 aliphatic heterocycles. The Kier molecular flexibility index (Phi) is 3.63. The summed E-state index contributed by atoms with van der Waals surface area (Å²) in [5, 5.41) is 0. The average molecular weight is 337 g/mol. The summed E-state index contributed by atoms with van der Waals surface area (Å²) in [7, 11) is -2.20. The maximum absolute atomic E-state index is 12.3. The maximum Gasteiger partial charge on any atom is 0.396 e. The van der Waals surface area contributed by atoms with Gasteiger partial charge in [-0.1, -0.05) is 11.3 Å². The summed E-state index contributed by atoms with van der Waals surface area (Å²) < 4.78 is 37.6. The number of anilines is 1. The van der Waals surface area contributed by atoms with Gasteiger partial charge in [-0.3, -0.25) is 4.72 Å². The Hall–Kier alpha value is -2.32. The molecule has 1 aromatic heterocycles. The van der Waals surface area contributed by atoms with Crippen LogP contribution < -0.4 is 14.4 Å². The minimum absolute atomic E-state index is 0.119. The molecule has 114 valence electrons. The molecular formula is C14H11NO5S2. The third-order valence-electron chi connectivity index (χ3n) is 2.95. The van der Waals surface area contributed by atoms with Crippen LogP contribution in [0.5, 0.6) is 5.75 Å². The van der Waals surface area contributed by atoms with E-state index in [2.05, 4.69) is 4.72 Å². The Bertz CT molecular complexity index is 970. The lowest BCUT2D eigenvalue weighted by molar-refractivity contribution is 0.414. The second-order valence-corrected chi connectivity index (χ2v) is 7.06. The number of methoxy groups -OCH3 is 1. The topological polar surface area (TPSA) is 85.6 Å². The van der Waals surface area contributed by atoms with Gasteiger partial charge < -0.3 is 9.15 Å². The van der Waals surface area contributed by atoms with Gasteiger partial charge in [0.25, 0.3) is 10.0 Å². The maximum atomic E-state index is 12.3. The lowest BCUT2D eigenvalue weighted by Crippen LogP contribution is -2.12. The van der Waals surface area contributed by atoms with E-state index in [-0.39, 0.29) is 4.90 Å². The highest BCUT2D eigenvalue weighted by molar-refractivity contribution is 7.92. The Balaban J connectivity index is 1.92. The van der Waals surface area contributed by atoms with Gasteiger partial charge in [-0.2, -0.15) is 0 Å². The van der Waals surface area contributed by atoms with Gasteiger partial charge in [0.2, 0.25) is 0 Å². The van der Waals surface area contributed by atoms with Gasteiger partial charge in [-0.15, -0.1) is 0 Å². The van der Waals surface area contributed by atoms with E-state index >= 15 is 0 Å². The van der Waals surface area contributed by atoms with Crippen LogP contribution >= 0.6 is 11.3 Å². The van der Waals surface area contributed by atoms with Crippen LogP contribution in [0.25, 0.3) is 10.3 Å². The van der Waals surface area contributed by atoms with Gasteiger partial charge in [0.15, 0.2) is 0 Å². The quantitative estimate of drug-likeness (QED) is 0.791. The molecule has 0 aliphatic carbocycles. The van der Waals surface area contributed by atoms with Crippen LogP contribution in [-0.2, 0) is 10.0 Å². The van der Waals surface area contributed by atoms with Crippen molar-refractivity contribution in [2.24, 2.45) is 0 Å². The van der Waals surface area contributed by atoms with Crippen molar-refractivity contribution in [3.05, 3.63) is 52.2 Å². The summed E-state index contributed by atoms with van der Waals surface area (Å²) >= 11 is 0.919. The lowest BCUT2D eigenvalue weighted by Gasteiger charge is -2.08. The largest absolute Gasteiger partial charge is 0.497 e. The Morgan fingerprint density at radius 1 is 1.14 bits per heavy atom. The van der Waals surface area contributed by atoms with E-state index in [9.17, 15) is 13.2 Å². The van der Waals surface area contributed by atoms with Crippen LogP contribution in [0.3, 0.4) is 0 Å². The smallest absolute Gasteiger partial charge is 0.396 e. The van der Waals surface area contributed by atoms with Crippen LogP contribution in [0.4, 0.5) is 5.69 Å². The van der Waals surface area contributed by atoms with Crippen molar-refractivity contribution < 1.29 is 17.6 Å². The molecule has 1 heterocycles. The number of benzene rings is 2. The minimum atomic E-state index is -3.71. The first-order chi connectivity index (χ1) is 10.5. The van der Waals surface area contributed by atoms with Crippen molar-refractivity contribution in [2.45, 2.75) is 4.90 Å². The summed E-state index contributed by atoms with van der Waals surface area (Å²) in [5.41, 5.74) is 0.794. The zero-order chi connectivity index (χ0) is 15.7. The normalized spacial score (nSPS) is 11.5. The zero-order valence-electron chi connectivity index (χ0n) is 11.4. The van der Waals surface area contributed by atoms with Crippen molar-refractivity contribution in [2.75, 3.05) is 11.8 Å². The minimum Gasteiger partial charge on any atom is -0.497 e. The van der Waals surface area contributed by atoms with E-state index in [1.54, 1.807) is 30.3 Å². The molecule has 8 heteroatoms. The highest BCUT2D eigenvalue weighted by Crippen LogP contribution is 2.24. The molecule has 0 amide bonds. The van der Waals surface area contributed by atoms with Crippen LogP contribution in [0, 0.1) is 0 Å². The van der Waals surface area contributed by atoms with E-state index in [0.717, 1.165) is 11.3 Å². The molecule has 0 atom stereocenters. The van der Waals surface area contributed by atoms with Crippen molar-refractivity contribution in [3.63, 3.8) is 0 Å². The van der Waals surface area contributed by atoms with Gasteiger partial charge in [0, 0.05) is 0 Å². The Morgan fingerprint density at radius 3 is 2.55 bits per heavy atom. The summed E-state index contributed by atoms with van der Waals surface area (Å²) in [6, 6.07) is 10.7. The standard InChI is InChI=1S/C14H11NO5S2/c1-19-10-3-5-11(6-4-10)22(17,18)15-9-2-7-12-13(8-9)21-14(16)20-12/h2-8,15H,1H3. The monoisotopic (exact) mass is 337 g/mol. The molecule has 0 saturated heterocycles. The SMILES string of the molecule is COc1ccc(S(=O)(=O)Nc2ccc3oc(=O)sc3c2)cc1. The molecule has 3 aromatic rings. The van der Waals surface area contributed by atoms with Gasteiger partial charge in [0.05, 0.1) is 22.4 Å². The summed E-state index contributed by atoms with van der Waals surface area (Å²) in [6.07, 6.45) is 0. The molecule has 2 aromatic carbocycles. The second kappa shape index (κ2) is 5.47. The molecule has 0 bridgehead atoms. The first-order valence-electron chi connectivity index (χ1n) is 6.18. The summed E-state index contributed by atoms with van der Waals surface area (Å²) in [6.45, 7) is 0. The van der Waals surface area contributed by atoms with Crippen molar-refractivity contribution in [1.29, 1.82) is 0 Å². The number of sulfonamides is 1. The number of hydrogen-bond donors (Lipinski definition) is 1. The van der Waals surface area contributed by atoms with Gasteiger partial charge in [-0.25, -0.2) is 13.2 Å². The van der Waals surface area contributed by atoms with Crippen LogP contribution in [-0.4, -0.2) is 15.5 Å². The Morgan fingerprint density at radius 2 is 1.86 bits per heavy atom. The fourth-order valence-electron chi connectivity index (χ4n) is 1.90. The van der Waals surface area contributed by atoms with Crippen molar-refractivity contribution in [3.8, 4) is 5.75 Å². The number of nitrogens with one attached hydrogen (secondary N) is 1. The molecule has 0 aliphatic rings. The van der Waals surface area contributed by atoms with Crippen LogP contribution in [0.2, 0.25) is 0 Å². The predicted octanol–water partition coefficient (Wildman–Crippen LogP) is 2.66. The second-order valence-electron chi connectivity index (χ2n) is 4.40. The summed E-state index contributed by atoms with van der Waals surface area (Å²) in [5.74, 6) is 0.573. The molecular weight excluding hydrogens is 326 g/mol. The molecule has 22 heavy (non-hydrogen) atoms. The average Bonchev–Trinajstić information content (AvgIpc) is 2.86. The summed E-state index contributed by atoms with van der Waals surface area (Å²) in [4.78, 5) is 10.9. The van der Waals surface area contributed by atoms with Crippen molar-refractivity contribution in [1.82, 2.24) is 0 Å². The zero-order valence-corrected chi connectivity index (χ0v) is 13.0. The van der Waals surface area contributed by atoms with E-state index in [1.165, 1.54) is 19.2 Å². The van der Waals surface area contributed by atoms with E-state index < -0.39 is 15.0 Å². The fraction of sp³-hybridized carbons (Fsp3) is 0.0714. The highest BCUT2D eigenvalue weighted by atomic mass is 32.2. The van der Waals surface area contributed by atoms with Crippen molar-refractivity contribution >= 4 is 37.3 Å². The fourth-order valence-corrected chi connectivity index (χ4v) is 3.66. The molecule has 0 unspecified atom stereocenters. The van der Waals surface area contributed by atoms with Crippen LogP contribution in [0.15, 0.2) is 56.6 Å². The molecule has 0 spiro atoms. The number of rotatable bonds is 4. The third kappa shape index (κ3) is 2.83. The van der Waals surface area contributed by atoms with Gasteiger partial charge >= 0.3 is 4.94 Å². The number of fused-ring (bicyclic) bond motifs is 1. The molecule has 6 nitrogen and oxygen atoms in total. The van der Waals surface area contributed by atoms with E-state index in [0.29, 0.717) is 21.7 Å². The molecule has 0 fully saturated rings. The Labute approximate surface area is 130 Å². The van der Waals surface area contributed by atoms with E-state index in [1.807, 2.05) is 0 Å². The highest BCUT2D eigenvalue weighted by Gasteiger charge is 2.15. The number of hydrogen-bond acceptors (Lipinski definition) is 6. The lowest BCUT2D eigenvalue weighted by atomic mass is 10.3.